The Balaban J connectivity index is 1.85. The number of hydrogen-bond donors (Lipinski definition) is 1. The fourth-order valence-corrected chi connectivity index (χ4v) is 3.19. The summed E-state index contributed by atoms with van der Waals surface area (Å²) in [5.74, 6) is 0.537. The molecule has 0 spiro atoms. The average molecular weight is 401 g/mol. The predicted molar refractivity (Wildman–Crippen MR) is 96.5 cm³/mol. The molecule has 0 radical (unpaired) electrons. The number of aromatic nitrogens is 4. The molecule has 7 nitrogen and oxygen atoms in total. The summed E-state index contributed by atoms with van der Waals surface area (Å²) in [5.41, 5.74) is -0.00247. The zero-order valence-electron chi connectivity index (χ0n) is 14.0. The molecule has 0 unspecified atom stereocenters. The van der Waals surface area contributed by atoms with Gasteiger partial charge >= 0.3 is 6.18 Å². The standard InChI is InChI=1S/C17H10F3N7S/c18-17(19,20)12-5-9(1-2-10(12)6-21)14-25-13-7-22-4-3-11(13)15(26-14)27-16-23-8-24-28-16/h1-2,5,7-8H,3-4H2,(H,23,24,25,26,27). The van der Waals surface area contributed by atoms with E-state index in [0.717, 1.165) is 29.2 Å². The van der Waals surface area contributed by atoms with E-state index in [4.69, 9.17) is 5.26 Å². The van der Waals surface area contributed by atoms with Crippen molar-refractivity contribution in [3.63, 3.8) is 0 Å². The molecule has 0 saturated heterocycles. The van der Waals surface area contributed by atoms with Crippen LogP contribution in [0.5, 0.6) is 0 Å². The minimum atomic E-state index is -4.66. The van der Waals surface area contributed by atoms with Crippen LogP contribution in [0.2, 0.25) is 0 Å². The maximum absolute atomic E-state index is 13.3. The highest BCUT2D eigenvalue weighted by atomic mass is 32.1. The predicted octanol–water partition coefficient (Wildman–Crippen LogP) is 3.60. The van der Waals surface area contributed by atoms with Gasteiger partial charge in [0.05, 0.1) is 22.9 Å². The van der Waals surface area contributed by atoms with Gasteiger partial charge in [0.1, 0.15) is 12.1 Å². The van der Waals surface area contributed by atoms with Gasteiger partial charge < -0.3 is 5.32 Å². The third kappa shape index (κ3) is 3.41. The van der Waals surface area contributed by atoms with Crippen LogP contribution in [0.15, 0.2) is 29.5 Å². The zero-order valence-corrected chi connectivity index (χ0v) is 14.8. The largest absolute Gasteiger partial charge is 0.417 e. The van der Waals surface area contributed by atoms with Gasteiger partial charge in [-0.15, -0.1) is 0 Å². The Bertz CT molecular complexity index is 1100. The first-order valence-corrected chi connectivity index (χ1v) is 8.79. The first-order valence-electron chi connectivity index (χ1n) is 8.02. The summed E-state index contributed by atoms with van der Waals surface area (Å²) in [6.45, 7) is 0.565. The summed E-state index contributed by atoms with van der Waals surface area (Å²) >= 11 is 1.13. The van der Waals surface area contributed by atoms with Gasteiger partial charge in [-0.3, -0.25) is 4.99 Å². The summed E-state index contributed by atoms with van der Waals surface area (Å²) in [6, 6.07) is 4.96. The second-order valence-corrected chi connectivity index (χ2v) is 6.57. The van der Waals surface area contributed by atoms with E-state index in [-0.39, 0.29) is 11.4 Å². The second kappa shape index (κ2) is 6.97. The molecule has 3 heterocycles. The molecule has 28 heavy (non-hydrogen) atoms. The van der Waals surface area contributed by atoms with E-state index in [1.54, 1.807) is 12.3 Å². The molecule has 1 N–H and O–H groups in total. The zero-order chi connectivity index (χ0) is 19.7. The van der Waals surface area contributed by atoms with E-state index in [1.807, 2.05) is 0 Å². The third-order valence-electron chi connectivity index (χ3n) is 4.03. The van der Waals surface area contributed by atoms with Gasteiger partial charge in [0.25, 0.3) is 0 Å². The SMILES string of the molecule is N#Cc1ccc(-c2nc3c(c(Nc4ncns4)n2)CCN=C3)cc1C(F)(F)F. The van der Waals surface area contributed by atoms with Crippen molar-refractivity contribution >= 4 is 28.7 Å². The number of anilines is 2. The van der Waals surface area contributed by atoms with Crippen molar-refractivity contribution in [3.8, 4) is 17.5 Å². The van der Waals surface area contributed by atoms with Gasteiger partial charge in [-0.2, -0.15) is 22.8 Å². The molecular formula is C17H10F3N7S. The third-order valence-corrected chi connectivity index (χ3v) is 4.61. The molecule has 0 fully saturated rings. The molecule has 0 atom stereocenters. The number of nitriles is 1. The molecule has 11 heteroatoms. The van der Waals surface area contributed by atoms with Crippen LogP contribution >= 0.6 is 11.5 Å². The smallest absolute Gasteiger partial charge is 0.315 e. The number of alkyl halides is 3. The molecule has 2 aromatic heterocycles. The monoisotopic (exact) mass is 401 g/mol. The Hall–Kier alpha value is -3.39. The van der Waals surface area contributed by atoms with E-state index < -0.39 is 17.3 Å². The summed E-state index contributed by atoms with van der Waals surface area (Å²) < 4.78 is 43.8. The van der Waals surface area contributed by atoms with Gasteiger partial charge in [-0.05, 0) is 24.6 Å². The molecule has 1 aromatic carbocycles. The van der Waals surface area contributed by atoms with Crippen molar-refractivity contribution in [1.82, 2.24) is 19.3 Å². The first-order chi connectivity index (χ1) is 13.5. The van der Waals surface area contributed by atoms with Gasteiger partial charge in [-0.1, -0.05) is 0 Å². The van der Waals surface area contributed by atoms with Gasteiger partial charge in [0, 0.05) is 35.4 Å². The van der Waals surface area contributed by atoms with Crippen LogP contribution in [0, 0.1) is 11.3 Å². The highest BCUT2D eigenvalue weighted by Gasteiger charge is 2.34. The van der Waals surface area contributed by atoms with Crippen LogP contribution in [0.4, 0.5) is 24.1 Å². The highest BCUT2D eigenvalue weighted by Crippen LogP contribution is 2.35. The number of halogens is 3. The maximum Gasteiger partial charge on any atom is 0.417 e. The van der Waals surface area contributed by atoms with Crippen molar-refractivity contribution in [2.45, 2.75) is 12.6 Å². The van der Waals surface area contributed by atoms with Crippen molar-refractivity contribution in [2.75, 3.05) is 11.9 Å². The van der Waals surface area contributed by atoms with Gasteiger partial charge in [0.15, 0.2) is 5.82 Å². The molecule has 140 valence electrons. The number of hydrogen-bond acceptors (Lipinski definition) is 8. The molecule has 0 bridgehead atoms. The number of aliphatic imine (C=N–C) groups is 1. The van der Waals surface area contributed by atoms with Crippen LogP contribution in [0.25, 0.3) is 11.4 Å². The molecule has 1 aliphatic heterocycles. The van der Waals surface area contributed by atoms with Crippen LogP contribution in [-0.4, -0.2) is 32.1 Å². The number of nitrogens with zero attached hydrogens (tertiary/aromatic N) is 6. The Morgan fingerprint density at radius 3 is 2.79 bits per heavy atom. The van der Waals surface area contributed by atoms with Crippen molar-refractivity contribution in [1.29, 1.82) is 5.26 Å². The molecule has 3 aromatic rings. The lowest BCUT2D eigenvalue weighted by atomic mass is 10.0. The summed E-state index contributed by atoms with van der Waals surface area (Å²) in [6.07, 6.45) is -1.11. The van der Waals surface area contributed by atoms with Crippen molar-refractivity contribution in [3.05, 3.63) is 46.9 Å². The molecule has 0 saturated carbocycles. The number of rotatable bonds is 3. The topological polar surface area (TPSA) is 99.7 Å². The Labute approximate surface area is 160 Å². The summed E-state index contributed by atoms with van der Waals surface area (Å²) in [7, 11) is 0. The first kappa shape index (κ1) is 18.0. The summed E-state index contributed by atoms with van der Waals surface area (Å²) in [5, 5.41) is 12.5. The lowest BCUT2D eigenvalue weighted by molar-refractivity contribution is -0.137. The van der Waals surface area contributed by atoms with E-state index in [2.05, 4.69) is 29.6 Å². The minimum absolute atomic E-state index is 0.0918. The quantitative estimate of drug-likeness (QED) is 0.720. The Morgan fingerprint density at radius 2 is 2.07 bits per heavy atom. The van der Waals surface area contributed by atoms with Crippen LogP contribution < -0.4 is 5.32 Å². The molecule has 1 aliphatic rings. The van der Waals surface area contributed by atoms with Crippen LogP contribution in [0.1, 0.15) is 22.4 Å². The fraction of sp³-hybridized carbons (Fsp3) is 0.176. The Kier molecular flexibility index (Phi) is 4.48. The van der Waals surface area contributed by atoms with Crippen molar-refractivity contribution < 1.29 is 13.2 Å². The minimum Gasteiger partial charge on any atom is -0.315 e. The average Bonchev–Trinajstić information content (AvgIpc) is 3.20. The van der Waals surface area contributed by atoms with Gasteiger partial charge in [-0.25, -0.2) is 15.0 Å². The number of nitrogens with one attached hydrogen (secondary N) is 1. The highest BCUT2D eigenvalue weighted by molar-refractivity contribution is 7.09. The van der Waals surface area contributed by atoms with Crippen LogP contribution in [-0.2, 0) is 12.6 Å². The number of benzene rings is 1. The van der Waals surface area contributed by atoms with E-state index in [0.29, 0.717) is 29.6 Å². The van der Waals surface area contributed by atoms with E-state index in [1.165, 1.54) is 12.4 Å². The normalized spacial score (nSPS) is 13.1. The Morgan fingerprint density at radius 1 is 1.21 bits per heavy atom. The molecule has 4 rings (SSSR count). The van der Waals surface area contributed by atoms with E-state index in [9.17, 15) is 13.2 Å². The summed E-state index contributed by atoms with van der Waals surface area (Å²) in [4.78, 5) is 17.0. The number of fused-ring (bicyclic) bond motifs is 1. The fourth-order valence-electron chi connectivity index (χ4n) is 2.76. The molecule has 0 amide bonds. The second-order valence-electron chi connectivity index (χ2n) is 5.79. The molecule has 0 aliphatic carbocycles. The van der Waals surface area contributed by atoms with Crippen LogP contribution in [0.3, 0.4) is 0 Å². The van der Waals surface area contributed by atoms with Crippen molar-refractivity contribution in [2.24, 2.45) is 4.99 Å². The lowest BCUT2D eigenvalue weighted by Crippen LogP contribution is -2.13. The van der Waals surface area contributed by atoms with Gasteiger partial charge in [0.2, 0.25) is 5.13 Å². The van der Waals surface area contributed by atoms with E-state index >= 15 is 0 Å². The lowest BCUT2D eigenvalue weighted by Gasteiger charge is -2.16. The maximum atomic E-state index is 13.3. The molecular weight excluding hydrogens is 391 g/mol.